The molecule has 1 aromatic carbocycles. The highest BCUT2D eigenvalue weighted by Crippen LogP contribution is 2.28. The minimum atomic E-state index is -1.65. The summed E-state index contributed by atoms with van der Waals surface area (Å²) in [7, 11) is 0. The Hall–Kier alpha value is -3.92. The van der Waals surface area contributed by atoms with Crippen LogP contribution < -0.4 is 21.6 Å². The first-order valence-electron chi connectivity index (χ1n) is 12.5. The number of unbranched alkanes of at least 4 members (excludes halogenated alkanes) is 1. The van der Waals surface area contributed by atoms with Crippen LogP contribution in [0.3, 0.4) is 0 Å². The Morgan fingerprint density at radius 2 is 1.90 bits per heavy atom. The zero-order chi connectivity index (χ0) is 29.2. The lowest BCUT2D eigenvalue weighted by Crippen LogP contribution is -2.44. The molecule has 0 radical (unpaired) electrons. The van der Waals surface area contributed by atoms with Crippen LogP contribution in [-0.2, 0) is 25.7 Å². The molecule has 1 aromatic heterocycles. The third kappa shape index (κ3) is 8.29. The van der Waals surface area contributed by atoms with E-state index < -0.39 is 66.5 Å². The van der Waals surface area contributed by atoms with Gasteiger partial charge in [-0.15, -0.1) is 0 Å². The zero-order valence-corrected chi connectivity index (χ0v) is 21.7. The number of nitrogens with zero attached hydrogens (tertiary/aromatic N) is 2. The molecule has 14 nitrogen and oxygen atoms in total. The van der Waals surface area contributed by atoms with Crippen molar-refractivity contribution >= 4 is 23.7 Å². The lowest BCUT2D eigenvalue weighted by molar-refractivity contribution is -0.119. The van der Waals surface area contributed by atoms with Crippen molar-refractivity contribution in [3.05, 3.63) is 58.4 Å². The quantitative estimate of drug-likeness (QED) is 0.183. The standard InChI is InChI=1S/C25H32FN5O9/c1-14(33)27-10-6-5-9-17(28-25(38)39-13-15-7-3-2-4-8-15)22(36)29-21-16(26)11-31(24(37)30-21)23-20(35)19(34)18(12-32)40-23/h2-4,7-8,11,17-20,23,32,34-35H,5-6,9-10,12-13H2,1H3,(H,27,33)(H,28,38)(H,29,30,36,37). The number of hydrogen-bond donors (Lipinski definition) is 6. The van der Waals surface area contributed by atoms with Crippen LogP contribution in [0.5, 0.6) is 0 Å². The van der Waals surface area contributed by atoms with E-state index in [4.69, 9.17) is 9.47 Å². The average Bonchev–Trinajstić information content (AvgIpc) is 3.21. The van der Waals surface area contributed by atoms with Gasteiger partial charge >= 0.3 is 11.8 Å². The molecule has 2 aromatic rings. The topological polar surface area (TPSA) is 201 Å². The van der Waals surface area contributed by atoms with E-state index in [2.05, 4.69) is 20.9 Å². The van der Waals surface area contributed by atoms with Gasteiger partial charge in [0.1, 0.15) is 31.0 Å². The first-order valence-corrected chi connectivity index (χ1v) is 12.5. The zero-order valence-electron chi connectivity index (χ0n) is 21.7. The minimum absolute atomic E-state index is 0.0567. The fourth-order valence-corrected chi connectivity index (χ4v) is 3.94. The Morgan fingerprint density at radius 3 is 2.55 bits per heavy atom. The van der Waals surface area contributed by atoms with Crippen molar-refractivity contribution in [2.45, 2.75) is 63.4 Å². The van der Waals surface area contributed by atoms with E-state index in [0.29, 0.717) is 30.2 Å². The van der Waals surface area contributed by atoms with Crippen molar-refractivity contribution in [2.75, 3.05) is 18.5 Å². The van der Waals surface area contributed by atoms with E-state index in [1.54, 1.807) is 30.3 Å². The van der Waals surface area contributed by atoms with Gasteiger partial charge in [-0.1, -0.05) is 30.3 Å². The highest BCUT2D eigenvalue weighted by Gasteiger charge is 2.44. The van der Waals surface area contributed by atoms with E-state index in [1.165, 1.54) is 6.92 Å². The molecule has 2 heterocycles. The number of benzene rings is 1. The average molecular weight is 566 g/mol. The molecule has 1 aliphatic heterocycles. The van der Waals surface area contributed by atoms with Crippen LogP contribution in [0.2, 0.25) is 0 Å². The van der Waals surface area contributed by atoms with Crippen LogP contribution >= 0.6 is 0 Å². The number of anilines is 1. The van der Waals surface area contributed by atoms with Crippen molar-refractivity contribution in [1.82, 2.24) is 20.2 Å². The van der Waals surface area contributed by atoms with Crippen LogP contribution in [-0.4, -0.2) is 80.3 Å². The Balaban J connectivity index is 1.69. The summed E-state index contributed by atoms with van der Waals surface area (Å²) in [5.41, 5.74) is -0.399. The van der Waals surface area contributed by atoms with E-state index in [0.717, 1.165) is 5.56 Å². The third-order valence-electron chi connectivity index (χ3n) is 6.05. The number of aliphatic hydroxyl groups is 3. The summed E-state index contributed by atoms with van der Waals surface area (Å²) >= 11 is 0. The predicted octanol–water partition coefficient (Wildman–Crippen LogP) is -0.466. The first kappa shape index (κ1) is 30.6. The number of carbonyl (C=O) groups is 3. The molecule has 218 valence electrons. The van der Waals surface area contributed by atoms with Crippen molar-refractivity contribution in [1.29, 1.82) is 0 Å². The molecule has 0 saturated carbocycles. The number of ether oxygens (including phenoxy) is 2. The Kier molecular flexibility index (Phi) is 11.1. The van der Waals surface area contributed by atoms with Gasteiger partial charge in [-0.05, 0) is 24.8 Å². The van der Waals surface area contributed by atoms with Gasteiger partial charge in [0, 0.05) is 13.5 Å². The second-order valence-corrected chi connectivity index (χ2v) is 9.08. The van der Waals surface area contributed by atoms with Crippen LogP contribution in [0.1, 0.15) is 38.0 Å². The molecule has 6 N–H and O–H groups in total. The maximum absolute atomic E-state index is 14.9. The van der Waals surface area contributed by atoms with Crippen LogP contribution in [0, 0.1) is 5.82 Å². The second-order valence-electron chi connectivity index (χ2n) is 9.08. The number of halogens is 1. The Morgan fingerprint density at radius 1 is 1.18 bits per heavy atom. The number of aromatic nitrogens is 2. The molecule has 15 heteroatoms. The number of alkyl carbamates (subject to hydrolysis) is 1. The summed E-state index contributed by atoms with van der Waals surface area (Å²) in [6, 6.07) is 7.62. The van der Waals surface area contributed by atoms with E-state index in [1.807, 2.05) is 0 Å². The second kappa shape index (κ2) is 14.5. The van der Waals surface area contributed by atoms with Gasteiger partial charge < -0.3 is 40.7 Å². The smallest absolute Gasteiger partial charge is 0.408 e. The maximum Gasteiger partial charge on any atom is 0.408 e. The maximum atomic E-state index is 14.9. The first-order chi connectivity index (χ1) is 19.1. The summed E-state index contributed by atoms with van der Waals surface area (Å²) in [6.07, 6.45) is -5.20. The highest BCUT2D eigenvalue weighted by molar-refractivity contribution is 5.95. The Bertz CT molecular complexity index is 1230. The van der Waals surface area contributed by atoms with E-state index in [-0.39, 0.29) is 18.9 Å². The summed E-state index contributed by atoms with van der Waals surface area (Å²) in [4.78, 5) is 52.5. The van der Waals surface area contributed by atoms with Crippen LogP contribution in [0.15, 0.2) is 41.3 Å². The largest absolute Gasteiger partial charge is 0.445 e. The van der Waals surface area contributed by atoms with Crippen molar-refractivity contribution in [2.24, 2.45) is 0 Å². The van der Waals surface area contributed by atoms with Crippen molar-refractivity contribution in [3.8, 4) is 0 Å². The van der Waals surface area contributed by atoms with Crippen LogP contribution in [0.4, 0.5) is 15.0 Å². The van der Waals surface area contributed by atoms with Gasteiger partial charge in [0.05, 0.1) is 12.8 Å². The van der Waals surface area contributed by atoms with E-state index in [9.17, 15) is 38.9 Å². The molecule has 0 aliphatic carbocycles. The van der Waals surface area contributed by atoms with Gasteiger partial charge in [0.25, 0.3) is 0 Å². The van der Waals surface area contributed by atoms with Gasteiger partial charge in [0.15, 0.2) is 17.9 Å². The number of nitrogens with one attached hydrogen (secondary N) is 3. The molecular formula is C25H32FN5O9. The molecule has 0 spiro atoms. The molecule has 1 fully saturated rings. The summed E-state index contributed by atoms with van der Waals surface area (Å²) in [5, 5.41) is 36.5. The molecular weight excluding hydrogens is 533 g/mol. The summed E-state index contributed by atoms with van der Waals surface area (Å²) in [6.45, 7) is 0.999. The Labute approximate surface area is 228 Å². The van der Waals surface area contributed by atoms with E-state index >= 15 is 0 Å². The molecule has 40 heavy (non-hydrogen) atoms. The normalized spacial score (nSPS) is 20.9. The van der Waals surface area contributed by atoms with Gasteiger partial charge in [-0.3, -0.25) is 14.2 Å². The van der Waals surface area contributed by atoms with Crippen molar-refractivity contribution < 1.29 is 43.6 Å². The molecule has 1 aliphatic rings. The SMILES string of the molecule is CC(=O)NCCCCC(NC(=O)OCc1ccccc1)C(=O)Nc1nc(=O)n(C2OC(CO)C(O)C2O)cc1F. The molecule has 0 bridgehead atoms. The highest BCUT2D eigenvalue weighted by atomic mass is 19.1. The lowest BCUT2D eigenvalue weighted by atomic mass is 10.1. The number of hydrogen-bond acceptors (Lipinski definition) is 10. The molecule has 1 saturated heterocycles. The van der Waals surface area contributed by atoms with Gasteiger partial charge in [-0.2, -0.15) is 4.98 Å². The number of rotatable bonds is 12. The number of amides is 3. The molecule has 5 atom stereocenters. The van der Waals surface area contributed by atoms with Crippen LogP contribution in [0.25, 0.3) is 0 Å². The van der Waals surface area contributed by atoms with Crippen molar-refractivity contribution in [3.63, 3.8) is 0 Å². The predicted molar refractivity (Wildman–Crippen MR) is 136 cm³/mol. The molecule has 3 amide bonds. The molecule has 3 rings (SSSR count). The van der Waals surface area contributed by atoms with Gasteiger partial charge in [0.2, 0.25) is 11.8 Å². The fourth-order valence-electron chi connectivity index (χ4n) is 3.94. The lowest BCUT2D eigenvalue weighted by Gasteiger charge is -2.20. The summed E-state index contributed by atoms with van der Waals surface area (Å²) in [5.74, 6) is -3.00. The third-order valence-corrected chi connectivity index (χ3v) is 6.05. The minimum Gasteiger partial charge on any atom is -0.445 e. The number of carbonyl (C=O) groups excluding carboxylic acids is 3. The number of aliphatic hydroxyl groups excluding tert-OH is 3. The fraction of sp³-hybridized carbons (Fsp3) is 0.480. The summed E-state index contributed by atoms with van der Waals surface area (Å²) < 4.78 is 25.9. The molecule has 5 unspecified atom stereocenters. The monoisotopic (exact) mass is 565 g/mol. The van der Waals surface area contributed by atoms with Gasteiger partial charge in [-0.25, -0.2) is 14.0 Å².